The van der Waals surface area contributed by atoms with Crippen molar-refractivity contribution < 1.29 is 146 Å². The van der Waals surface area contributed by atoms with Crippen LogP contribution < -0.4 is 53.2 Å². The van der Waals surface area contributed by atoms with E-state index in [1.807, 2.05) is 0 Å². The number of nitrogens with one attached hydrogen (secondary N) is 10. The van der Waals surface area contributed by atoms with Crippen LogP contribution in [-0.4, -0.2) is 334 Å². The largest absolute Gasteiger partial charge is 0.469 e. The SMILES string of the molecule is COC(=O)CCCCCCCCCCC(=O)NC(COCCC(=O)NCCCNC(=O)CCCCOC1OC(CO)C(O)C(O)C1NC(C)=O)(COCCC(=O)NCCCNC(=O)CCCCOC1OC(CO)C(O)C(O)C1NC(C)=O)COCCC(=O)NCCCNC(=O)CCCCOC1OC(CO)C(O)C(O)C1NC(C)=O. The minimum Gasteiger partial charge on any atom is -0.469 e. The Morgan fingerprint density at radius 3 is 0.842 bits per heavy atom. The predicted octanol–water partition coefficient (Wildman–Crippen LogP) is -4.61. The quantitative estimate of drug-likeness (QED) is 0.0201. The highest BCUT2D eigenvalue weighted by atomic mass is 16.7. The third-order valence-corrected chi connectivity index (χ3v) is 18.7. The standard InChI is InChI=1S/C74H132N10O30/c1-48(88)81-62-68(102)65(99)51(42-85)112-71(62)109-36-16-13-22-54(91)75-30-19-33-78-57(94)27-39-106-45-74(84-60(97)25-11-9-7-5-6-8-10-12-26-61(98)105-4,46-107-40-28-58(95)79-34-20-31-76-55(92)23-14-17-37-110-72-63(82-49(2)89)69(103)66(100)52(43-86)113-72)47-108-41-29-59(96)80-35-21-32-77-56(93)24-15-18-38-111-73-64(83-50(3)90)70(104)67(101)53(44-87)114-73/h51-53,62-73,85-87,99-104H,5-47H2,1-4H3,(H,75,91)(H,76,92)(H,77,93)(H,78,94)(H,79,95)(H,80,96)(H,81,88)(H,82,89)(H,83,90)(H,84,97). The maximum Gasteiger partial charge on any atom is 0.305 e. The van der Waals surface area contributed by atoms with Crippen LogP contribution in [0.15, 0.2) is 0 Å². The summed E-state index contributed by atoms with van der Waals surface area (Å²) in [5, 5.41) is 118. The third kappa shape index (κ3) is 43.1. The summed E-state index contributed by atoms with van der Waals surface area (Å²) in [5.41, 5.74) is -1.41. The molecule has 0 saturated carbocycles. The fourth-order valence-corrected chi connectivity index (χ4v) is 12.4. The molecule has 3 saturated heterocycles. The molecule has 3 aliphatic rings. The van der Waals surface area contributed by atoms with Crippen molar-refractivity contribution in [1.29, 1.82) is 0 Å². The molecule has 0 spiro atoms. The van der Waals surface area contributed by atoms with E-state index in [1.165, 1.54) is 27.9 Å². The van der Waals surface area contributed by atoms with Crippen molar-refractivity contribution in [3.63, 3.8) is 0 Å². The third-order valence-electron chi connectivity index (χ3n) is 18.7. The molecule has 15 unspecified atom stereocenters. The van der Waals surface area contributed by atoms with Crippen molar-refractivity contribution in [3.05, 3.63) is 0 Å². The van der Waals surface area contributed by atoms with Crippen LogP contribution in [0.25, 0.3) is 0 Å². The fraction of sp³-hybridized carbons (Fsp3) is 0.851. The van der Waals surface area contributed by atoms with Gasteiger partial charge in [-0.05, 0) is 70.6 Å². The van der Waals surface area contributed by atoms with E-state index in [9.17, 15) is 98.7 Å². The van der Waals surface area contributed by atoms with Crippen LogP contribution in [0, 0.1) is 0 Å². The van der Waals surface area contributed by atoms with E-state index in [0.29, 0.717) is 70.6 Å². The Hall–Kier alpha value is -6.55. The Bertz CT molecular complexity index is 2540. The molecular weight excluding hydrogens is 1510 g/mol. The number of esters is 1. The van der Waals surface area contributed by atoms with Crippen molar-refractivity contribution in [2.75, 3.05) is 126 Å². The molecule has 0 aromatic heterocycles. The van der Waals surface area contributed by atoms with Gasteiger partial charge in [-0.3, -0.25) is 52.7 Å². The van der Waals surface area contributed by atoms with Crippen LogP contribution in [0.5, 0.6) is 0 Å². The van der Waals surface area contributed by atoms with Crippen LogP contribution in [0.3, 0.4) is 0 Å². The predicted molar refractivity (Wildman–Crippen MR) is 403 cm³/mol. The molecule has 0 bridgehead atoms. The van der Waals surface area contributed by atoms with E-state index in [2.05, 4.69) is 53.2 Å². The van der Waals surface area contributed by atoms with Crippen LogP contribution in [-0.2, 0) is 100 Å². The second kappa shape index (κ2) is 60.0. The van der Waals surface area contributed by atoms with E-state index < -0.39 is 135 Å². The lowest BCUT2D eigenvalue weighted by atomic mass is 9.97. The maximum atomic E-state index is 13.9. The second-order valence-electron chi connectivity index (χ2n) is 28.6. The van der Waals surface area contributed by atoms with Gasteiger partial charge in [-0.15, -0.1) is 0 Å². The summed E-state index contributed by atoms with van der Waals surface area (Å²) in [6.45, 7) is 2.42. The van der Waals surface area contributed by atoms with Gasteiger partial charge in [0.05, 0.1) is 66.6 Å². The first-order valence-electron chi connectivity index (χ1n) is 39.9. The van der Waals surface area contributed by atoms with Crippen molar-refractivity contribution in [2.45, 2.75) is 279 Å². The van der Waals surface area contributed by atoms with Crippen molar-refractivity contribution >= 4 is 65.0 Å². The van der Waals surface area contributed by atoms with Gasteiger partial charge in [0.2, 0.25) is 59.1 Å². The number of ether oxygens (including phenoxy) is 10. The van der Waals surface area contributed by atoms with E-state index >= 15 is 0 Å². The van der Waals surface area contributed by atoms with Crippen molar-refractivity contribution in [1.82, 2.24) is 53.2 Å². The minimum atomic E-state index is -1.46. The van der Waals surface area contributed by atoms with Crippen LogP contribution in [0.2, 0.25) is 0 Å². The molecule has 3 fully saturated rings. The van der Waals surface area contributed by atoms with Gasteiger partial charge in [0.15, 0.2) is 18.9 Å². The normalized spacial score (nSPS) is 23.9. The van der Waals surface area contributed by atoms with Gasteiger partial charge in [0.1, 0.15) is 78.6 Å². The molecule has 40 heteroatoms. The molecular formula is C74H132N10O30. The Morgan fingerprint density at radius 1 is 0.316 bits per heavy atom. The highest BCUT2D eigenvalue weighted by Crippen LogP contribution is 2.26. The van der Waals surface area contributed by atoms with E-state index in [1.54, 1.807) is 0 Å². The minimum absolute atomic E-state index is 0.0777. The van der Waals surface area contributed by atoms with E-state index in [4.69, 9.17) is 47.4 Å². The molecule has 3 aliphatic heterocycles. The van der Waals surface area contributed by atoms with Gasteiger partial charge < -0.3 is 146 Å². The number of hydrogen-bond donors (Lipinski definition) is 19. The van der Waals surface area contributed by atoms with Crippen LogP contribution in [0.1, 0.15) is 181 Å². The Balaban J connectivity index is 1.56. The number of aliphatic hydroxyl groups is 9. The molecule has 15 atom stereocenters. The molecule has 114 heavy (non-hydrogen) atoms. The van der Waals surface area contributed by atoms with E-state index in [0.717, 1.165) is 44.9 Å². The summed E-state index contributed by atoms with van der Waals surface area (Å²) in [6.07, 6.45) is -4.84. The van der Waals surface area contributed by atoms with Crippen LogP contribution >= 0.6 is 0 Å². The summed E-state index contributed by atoms with van der Waals surface area (Å²) in [5.74, 6) is -3.95. The number of carbonyl (C=O) groups is 11. The maximum absolute atomic E-state index is 13.9. The van der Waals surface area contributed by atoms with Gasteiger partial charge in [-0.1, -0.05) is 38.5 Å². The van der Waals surface area contributed by atoms with Gasteiger partial charge in [0.25, 0.3) is 0 Å². The molecule has 658 valence electrons. The number of amides is 10. The van der Waals surface area contributed by atoms with E-state index in [-0.39, 0.29) is 191 Å². The first-order chi connectivity index (χ1) is 54.7. The first-order valence-corrected chi connectivity index (χ1v) is 39.9. The average molecular weight is 1640 g/mol. The zero-order valence-electron chi connectivity index (χ0n) is 66.7. The number of hydrogen-bond acceptors (Lipinski definition) is 30. The number of methoxy groups -OCH3 is 1. The lowest BCUT2D eigenvalue weighted by molar-refractivity contribution is -0.270. The Morgan fingerprint density at radius 2 is 0.570 bits per heavy atom. The molecule has 10 amide bonds. The molecule has 40 nitrogen and oxygen atoms in total. The topological polar surface area (TPSA) is 582 Å². The Labute approximate surface area is 666 Å². The fourth-order valence-electron chi connectivity index (χ4n) is 12.4. The monoisotopic (exact) mass is 1640 g/mol. The summed E-state index contributed by atoms with van der Waals surface area (Å²) in [4.78, 5) is 138. The second-order valence-corrected chi connectivity index (χ2v) is 28.6. The zero-order valence-corrected chi connectivity index (χ0v) is 66.7. The molecule has 3 heterocycles. The van der Waals surface area contributed by atoms with Crippen molar-refractivity contribution in [3.8, 4) is 0 Å². The van der Waals surface area contributed by atoms with Gasteiger partial charge in [-0.2, -0.15) is 0 Å². The molecule has 3 rings (SSSR count). The number of aliphatic hydroxyl groups excluding tert-OH is 9. The lowest BCUT2D eigenvalue weighted by Crippen LogP contribution is -2.64. The number of rotatable bonds is 63. The molecule has 0 radical (unpaired) electrons. The summed E-state index contributed by atoms with van der Waals surface area (Å²) >= 11 is 0. The summed E-state index contributed by atoms with van der Waals surface area (Å²) in [7, 11) is 1.36. The highest BCUT2D eigenvalue weighted by molar-refractivity contribution is 5.79. The summed E-state index contributed by atoms with van der Waals surface area (Å²) in [6, 6.07) is -3.28. The Kier molecular flexibility index (Phi) is 53.5. The number of unbranched alkanes of at least 4 members (excludes halogenated alkanes) is 10. The highest BCUT2D eigenvalue weighted by Gasteiger charge is 2.48. The molecule has 0 aromatic rings. The smallest absolute Gasteiger partial charge is 0.305 e. The van der Waals surface area contributed by atoms with Crippen LogP contribution in [0.4, 0.5) is 0 Å². The molecule has 19 N–H and O–H groups in total. The van der Waals surface area contributed by atoms with Gasteiger partial charge in [0, 0.05) is 131 Å². The average Bonchev–Trinajstić information content (AvgIpc) is 0.819. The lowest BCUT2D eigenvalue weighted by Gasteiger charge is -2.42. The first kappa shape index (κ1) is 102. The van der Waals surface area contributed by atoms with Gasteiger partial charge in [-0.25, -0.2) is 0 Å². The zero-order chi connectivity index (χ0) is 84.1. The molecule has 0 aliphatic carbocycles. The van der Waals surface area contributed by atoms with Gasteiger partial charge >= 0.3 is 5.97 Å². The molecule has 0 aromatic carbocycles. The van der Waals surface area contributed by atoms with Crippen molar-refractivity contribution in [2.24, 2.45) is 0 Å². The summed E-state index contributed by atoms with van der Waals surface area (Å²) < 4.78 is 56.8. The number of carbonyl (C=O) groups excluding carboxylic acids is 11.